The van der Waals surface area contributed by atoms with Crippen molar-refractivity contribution in [1.82, 2.24) is 10.2 Å². The van der Waals surface area contributed by atoms with Gasteiger partial charge in [0.2, 0.25) is 5.91 Å². The molecule has 1 heterocycles. The molecule has 0 saturated carbocycles. The highest BCUT2D eigenvalue weighted by atomic mass is 35.5. The topological polar surface area (TPSA) is 75.4 Å². The van der Waals surface area contributed by atoms with E-state index in [2.05, 4.69) is 5.32 Å². The lowest BCUT2D eigenvalue weighted by molar-refractivity contribution is -0.124. The summed E-state index contributed by atoms with van der Waals surface area (Å²) in [4.78, 5) is 26.4. The standard InChI is InChI=1S/C15H20ClN3O2S/c1-10(17)6-7-18-14(20)13-8-22-9-19(13)15(21)11-2-4-12(16)5-3-11/h2-5,10,13H,6-9,17H2,1H3,(H,18,20). The largest absolute Gasteiger partial charge is 0.354 e. The van der Waals surface area contributed by atoms with Crippen LogP contribution in [0.25, 0.3) is 0 Å². The maximum absolute atomic E-state index is 12.5. The van der Waals surface area contributed by atoms with Gasteiger partial charge >= 0.3 is 0 Å². The Morgan fingerprint density at radius 3 is 2.77 bits per heavy atom. The number of benzene rings is 1. The van der Waals surface area contributed by atoms with Gasteiger partial charge < -0.3 is 16.0 Å². The van der Waals surface area contributed by atoms with E-state index < -0.39 is 6.04 Å². The van der Waals surface area contributed by atoms with Crippen LogP contribution in [0.1, 0.15) is 23.7 Å². The van der Waals surface area contributed by atoms with Crippen LogP contribution in [0.4, 0.5) is 0 Å². The van der Waals surface area contributed by atoms with E-state index in [9.17, 15) is 9.59 Å². The molecule has 0 aliphatic carbocycles. The third-order valence-electron chi connectivity index (χ3n) is 3.44. The monoisotopic (exact) mass is 341 g/mol. The van der Waals surface area contributed by atoms with E-state index >= 15 is 0 Å². The van der Waals surface area contributed by atoms with Crippen LogP contribution >= 0.6 is 23.4 Å². The minimum absolute atomic E-state index is 0.0463. The van der Waals surface area contributed by atoms with E-state index in [-0.39, 0.29) is 17.9 Å². The van der Waals surface area contributed by atoms with Crippen LogP contribution in [-0.4, -0.2) is 47.0 Å². The number of halogens is 1. The van der Waals surface area contributed by atoms with E-state index in [0.29, 0.717) is 28.8 Å². The molecule has 0 aromatic heterocycles. The number of nitrogens with two attached hydrogens (primary N) is 1. The summed E-state index contributed by atoms with van der Waals surface area (Å²) < 4.78 is 0. The van der Waals surface area contributed by atoms with Gasteiger partial charge in [-0.3, -0.25) is 9.59 Å². The first-order valence-corrected chi connectivity index (χ1v) is 8.70. The highest BCUT2D eigenvalue weighted by Crippen LogP contribution is 2.23. The highest BCUT2D eigenvalue weighted by molar-refractivity contribution is 7.99. The van der Waals surface area contributed by atoms with Crippen molar-refractivity contribution in [3.8, 4) is 0 Å². The van der Waals surface area contributed by atoms with Crippen molar-refractivity contribution in [3.05, 3.63) is 34.9 Å². The van der Waals surface area contributed by atoms with Gasteiger partial charge in [0.15, 0.2) is 0 Å². The van der Waals surface area contributed by atoms with Crippen LogP contribution in [0.15, 0.2) is 24.3 Å². The minimum atomic E-state index is -0.429. The van der Waals surface area contributed by atoms with Crippen molar-refractivity contribution in [2.24, 2.45) is 5.73 Å². The minimum Gasteiger partial charge on any atom is -0.354 e. The number of carbonyl (C=O) groups is 2. The van der Waals surface area contributed by atoms with Crippen molar-refractivity contribution in [1.29, 1.82) is 0 Å². The number of hydrogen-bond acceptors (Lipinski definition) is 4. The molecule has 3 N–H and O–H groups in total. The molecule has 120 valence electrons. The van der Waals surface area contributed by atoms with Gasteiger partial charge in [0.05, 0.1) is 5.88 Å². The summed E-state index contributed by atoms with van der Waals surface area (Å²) in [5.41, 5.74) is 6.21. The van der Waals surface area contributed by atoms with E-state index in [1.54, 1.807) is 40.9 Å². The van der Waals surface area contributed by atoms with Crippen LogP contribution in [0, 0.1) is 0 Å². The molecule has 0 radical (unpaired) electrons. The summed E-state index contributed by atoms with van der Waals surface area (Å²) in [5.74, 6) is 0.873. The number of nitrogens with zero attached hydrogens (tertiary/aromatic N) is 1. The molecule has 0 spiro atoms. The number of amides is 2. The Balaban J connectivity index is 1.99. The second-order valence-electron chi connectivity index (χ2n) is 5.35. The zero-order valence-corrected chi connectivity index (χ0v) is 14.0. The van der Waals surface area contributed by atoms with Crippen molar-refractivity contribution >= 4 is 35.2 Å². The van der Waals surface area contributed by atoms with Crippen molar-refractivity contribution in [3.63, 3.8) is 0 Å². The Hall–Kier alpha value is -1.24. The third kappa shape index (κ3) is 4.38. The van der Waals surface area contributed by atoms with Crippen LogP contribution < -0.4 is 11.1 Å². The van der Waals surface area contributed by atoms with Gasteiger partial charge in [-0.05, 0) is 37.6 Å². The predicted molar refractivity (Wildman–Crippen MR) is 90.0 cm³/mol. The van der Waals surface area contributed by atoms with Gasteiger partial charge in [0, 0.05) is 28.9 Å². The molecule has 1 aliphatic rings. The van der Waals surface area contributed by atoms with Crippen LogP contribution in [-0.2, 0) is 4.79 Å². The summed E-state index contributed by atoms with van der Waals surface area (Å²) >= 11 is 7.41. The first-order valence-electron chi connectivity index (χ1n) is 7.16. The Morgan fingerprint density at radius 2 is 2.14 bits per heavy atom. The van der Waals surface area contributed by atoms with E-state index in [1.165, 1.54) is 0 Å². The Bertz CT molecular complexity index is 536. The second-order valence-corrected chi connectivity index (χ2v) is 6.79. The van der Waals surface area contributed by atoms with Crippen molar-refractivity contribution in [2.75, 3.05) is 18.2 Å². The number of hydrogen-bond donors (Lipinski definition) is 2. The van der Waals surface area contributed by atoms with Gasteiger partial charge in [0.25, 0.3) is 5.91 Å². The summed E-state index contributed by atoms with van der Waals surface area (Å²) in [6.07, 6.45) is 0.719. The highest BCUT2D eigenvalue weighted by Gasteiger charge is 2.34. The fourth-order valence-corrected chi connectivity index (χ4v) is 3.44. The number of rotatable bonds is 5. The van der Waals surface area contributed by atoms with E-state index in [0.717, 1.165) is 6.42 Å². The molecular weight excluding hydrogens is 322 g/mol. The predicted octanol–water partition coefficient (Wildman–Crippen LogP) is 1.71. The normalized spacial score (nSPS) is 19.0. The van der Waals surface area contributed by atoms with Gasteiger partial charge in [0.1, 0.15) is 6.04 Å². The zero-order valence-electron chi connectivity index (χ0n) is 12.4. The fourth-order valence-electron chi connectivity index (χ4n) is 2.16. The van der Waals surface area contributed by atoms with Crippen molar-refractivity contribution in [2.45, 2.75) is 25.4 Å². The quantitative estimate of drug-likeness (QED) is 0.855. The molecule has 2 rings (SSSR count). The number of carbonyl (C=O) groups excluding carboxylic acids is 2. The lowest BCUT2D eigenvalue weighted by Crippen LogP contribution is -2.47. The Kier molecular flexibility index (Phi) is 6.11. The first-order chi connectivity index (χ1) is 10.5. The average Bonchev–Trinajstić information content (AvgIpc) is 2.96. The molecule has 1 saturated heterocycles. The van der Waals surface area contributed by atoms with Gasteiger partial charge in [-0.2, -0.15) is 0 Å². The van der Waals surface area contributed by atoms with Gasteiger partial charge in [-0.1, -0.05) is 11.6 Å². The second kappa shape index (κ2) is 7.85. The van der Waals surface area contributed by atoms with Gasteiger partial charge in [-0.15, -0.1) is 11.8 Å². The molecule has 2 amide bonds. The van der Waals surface area contributed by atoms with Crippen LogP contribution in [0.2, 0.25) is 5.02 Å². The fraction of sp³-hybridized carbons (Fsp3) is 0.467. The molecule has 1 aromatic carbocycles. The molecule has 1 fully saturated rings. The summed E-state index contributed by atoms with van der Waals surface area (Å²) in [6.45, 7) is 2.43. The molecule has 1 aliphatic heterocycles. The third-order valence-corrected chi connectivity index (χ3v) is 4.70. The van der Waals surface area contributed by atoms with Gasteiger partial charge in [-0.25, -0.2) is 0 Å². The van der Waals surface area contributed by atoms with Crippen molar-refractivity contribution < 1.29 is 9.59 Å². The summed E-state index contributed by atoms with van der Waals surface area (Å²) in [5, 5.41) is 3.44. The number of nitrogens with one attached hydrogen (secondary N) is 1. The van der Waals surface area contributed by atoms with Crippen LogP contribution in [0.3, 0.4) is 0 Å². The molecule has 0 bridgehead atoms. The number of thioether (sulfide) groups is 1. The molecule has 1 aromatic rings. The smallest absolute Gasteiger partial charge is 0.255 e. The first kappa shape index (κ1) is 17.1. The van der Waals surface area contributed by atoms with E-state index in [4.69, 9.17) is 17.3 Å². The maximum atomic E-state index is 12.5. The molecule has 22 heavy (non-hydrogen) atoms. The lowest BCUT2D eigenvalue weighted by atomic mass is 10.1. The van der Waals surface area contributed by atoms with E-state index in [1.807, 2.05) is 6.92 Å². The Morgan fingerprint density at radius 1 is 1.45 bits per heavy atom. The SMILES string of the molecule is CC(N)CCNC(=O)C1CSCN1C(=O)c1ccc(Cl)cc1. The Labute approximate surface area is 139 Å². The summed E-state index contributed by atoms with van der Waals surface area (Å²) in [7, 11) is 0. The maximum Gasteiger partial charge on any atom is 0.255 e. The summed E-state index contributed by atoms with van der Waals surface area (Å²) in [6, 6.07) is 6.33. The lowest BCUT2D eigenvalue weighted by Gasteiger charge is -2.23. The molecule has 2 unspecified atom stereocenters. The average molecular weight is 342 g/mol. The zero-order chi connectivity index (χ0) is 16.1. The molecular formula is C15H20ClN3O2S. The molecule has 7 heteroatoms. The molecule has 5 nitrogen and oxygen atoms in total. The van der Waals surface area contributed by atoms with Crippen LogP contribution in [0.5, 0.6) is 0 Å². The molecule has 2 atom stereocenters.